The Balaban J connectivity index is 1.76. The molecule has 0 bridgehead atoms. The Morgan fingerprint density at radius 2 is 2.00 bits per heavy atom. The van der Waals surface area contributed by atoms with Crippen molar-refractivity contribution in [1.29, 1.82) is 0 Å². The second kappa shape index (κ2) is 4.08. The van der Waals surface area contributed by atoms with Crippen molar-refractivity contribution in [3.63, 3.8) is 0 Å². The van der Waals surface area contributed by atoms with Gasteiger partial charge in [0.1, 0.15) is 0 Å². The van der Waals surface area contributed by atoms with Crippen molar-refractivity contribution in [2.24, 2.45) is 5.92 Å². The third-order valence-corrected chi connectivity index (χ3v) is 2.98. The van der Waals surface area contributed by atoms with Crippen molar-refractivity contribution in [3.8, 4) is 0 Å². The first kappa shape index (κ1) is 10.3. The number of carbonyl (C=O) groups is 2. The summed E-state index contributed by atoms with van der Waals surface area (Å²) < 4.78 is 0. The lowest BCUT2D eigenvalue weighted by molar-refractivity contribution is -0.122. The van der Waals surface area contributed by atoms with Gasteiger partial charge in [0, 0.05) is 32.1 Å². The van der Waals surface area contributed by atoms with Crippen LogP contribution in [-0.2, 0) is 4.79 Å². The van der Waals surface area contributed by atoms with Crippen LogP contribution in [0, 0.1) is 5.92 Å². The predicted molar refractivity (Wildman–Crippen MR) is 55.3 cm³/mol. The molecule has 0 unspecified atom stereocenters. The van der Waals surface area contributed by atoms with Gasteiger partial charge in [0.2, 0.25) is 5.91 Å². The van der Waals surface area contributed by atoms with E-state index in [0.29, 0.717) is 6.54 Å². The first-order chi connectivity index (χ1) is 7.20. The summed E-state index contributed by atoms with van der Waals surface area (Å²) >= 11 is 0. The second-order valence-electron chi connectivity index (χ2n) is 4.27. The summed E-state index contributed by atoms with van der Waals surface area (Å²) in [4.78, 5) is 24.5. The molecule has 1 aliphatic carbocycles. The molecule has 0 radical (unpaired) electrons. The highest BCUT2D eigenvalue weighted by Crippen LogP contribution is 2.29. The molecule has 2 aliphatic rings. The van der Waals surface area contributed by atoms with E-state index in [1.165, 1.54) is 0 Å². The number of likely N-dealkylation sites (tertiary alicyclic amines) is 1. The molecule has 1 aliphatic heterocycles. The van der Waals surface area contributed by atoms with Crippen LogP contribution in [0.25, 0.3) is 0 Å². The smallest absolute Gasteiger partial charge is 0.317 e. The lowest BCUT2D eigenvalue weighted by Gasteiger charge is -2.16. The molecule has 0 aromatic heterocycles. The second-order valence-corrected chi connectivity index (χ2v) is 4.27. The highest BCUT2D eigenvalue weighted by atomic mass is 16.2. The maximum absolute atomic E-state index is 11.5. The van der Waals surface area contributed by atoms with E-state index >= 15 is 0 Å². The van der Waals surface area contributed by atoms with Gasteiger partial charge in [0.25, 0.3) is 0 Å². The molecule has 5 nitrogen and oxygen atoms in total. The van der Waals surface area contributed by atoms with Crippen LogP contribution in [0.2, 0.25) is 0 Å². The van der Waals surface area contributed by atoms with Gasteiger partial charge in [-0.2, -0.15) is 0 Å². The van der Waals surface area contributed by atoms with E-state index in [-0.39, 0.29) is 23.9 Å². The quantitative estimate of drug-likeness (QED) is 0.671. The van der Waals surface area contributed by atoms with Crippen molar-refractivity contribution >= 4 is 11.9 Å². The maximum Gasteiger partial charge on any atom is 0.317 e. The Kier molecular flexibility index (Phi) is 2.79. The molecule has 15 heavy (non-hydrogen) atoms. The normalized spacial score (nSPS) is 25.1. The Bertz CT molecular complexity index is 276. The number of rotatable bonds is 2. The van der Waals surface area contributed by atoms with Gasteiger partial charge in [-0.25, -0.2) is 4.79 Å². The fourth-order valence-electron chi connectivity index (χ4n) is 1.89. The van der Waals surface area contributed by atoms with E-state index in [4.69, 9.17) is 0 Å². The average Bonchev–Trinajstić information content (AvgIpc) is 2.99. The Morgan fingerprint density at radius 3 is 2.60 bits per heavy atom. The van der Waals surface area contributed by atoms with Crippen molar-refractivity contribution in [3.05, 3.63) is 0 Å². The summed E-state index contributed by atoms with van der Waals surface area (Å²) in [6.45, 7) is 1.37. The van der Waals surface area contributed by atoms with Crippen LogP contribution in [0.3, 0.4) is 0 Å². The van der Waals surface area contributed by atoms with Gasteiger partial charge in [0.15, 0.2) is 0 Å². The average molecular weight is 211 g/mol. The first-order valence-electron chi connectivity index (χ1n) is 5.47. The molecule has 2 N–H and O–H groups in total. The number of carbonyl (C=O) groups excluding carboxylic acids is 2. The SMILES string of the molecule is CNC(=O)N1CC[C@H](NC(=O)C2CC2)C1. The minimum Gasteiger partial charge on any atom is -0.351 e. The summed E-state index contributed by atoms with van der Waals surface area (Å²) in [6, 6.07) is 0.0913. The Hall–Kier alpha value is -1.26. The van der Waals surface area contributed by atoms with Crippen molar-refractivity contribution in [2.45, 2.75) is 25.3 Å². The van der Waals surface area contributed by atoms with Crippen molar-refractivity contribution < 1.29 is 9.59 Å². The van der Waals surface area contributed by atoms with Crippen molar-refractivity contribution in [1.82, 2.24) is 15.5 Å². The van der Waals surface area contributed by atoms with E-state index in [2.05, 4.69) is 10.6 Å². The van der Waals surface area contributed by atoms with Gasteiger partial charge >= 0.3 is 6.03 Å². The zero-order valence-corrected chi connectivity index (χ0v) is 8.95. The lowest BCUT2D eigenvalue weighted by atomic mass is 10.2. The maximum atomic E-state index is 11.5. The lowest BCUT2D eigenvalue weighted by Crippen LogP contribution is -2.41. The third-order valence-electron chi connectivity index (χ3n) is 2.98. The van der Waals surface area contributed by atoms with Gasteiger partial charge in [-0.3, -0.25) is 4.79 Å². The van der Waals surface area contributed by atoms with Gasteiger partial charge < -0.3 is 15.5 Å². The molecule has 0 spiro atoms. The monoisotopic (exact) mass is 211 g/mol. The summed E-state index contributed by atoms with van der Waals surface area (Å²) in [5.74, 6) is 0.415. The largest absolute Gasteiger partial charge is 0.351 e. The standard InChI is InChI=1S/C10H17N3O2/c1-11-10(15)13-5-4-8(6-13)12-9(14)7-2-3-7/h7-8H,2-6H2,1H3,(H,11,15)(H,12,14)/t8-/m0/s1. The molecule has 2 fully saturated rings. The van der Waals surface area contributed by atoms with Gasteiger partial charge in [-0.05, 0) is 19.3 Å². The Morgan fingerprint density at radius 1 is 1.27 bits per heavy atom. The molecule has 5 heteroatoms. The minimum absolute atomic E-state index is 0.0572. The first-order valence-corrected chi connectivity index (χ1v) is 5.47. The van der Waals surface area contributed by atoms with Gasteiger partial charge in [-0.1, -0.05) is 0 Å². The van der Waals surface area contributed by atoms with E-state index in [0.717, 1.165) is 25.8 Å². The highest BCUT2D eigenvalue weighted by Gasteiger charge is 2.33. The van der Waals surface area contributed by atoms with E-state index in [9.17, 15) is 9.59 Å². The summed E-state index contributed by atoms with van der Waals surface area (Å²) in [7, 11) is 1.62. The van der Waals surface area contributed by atoms with Crippen LogP contribution in [0.4, 0.5) is 4.79 Å². The van der Waals surface area contributed by atoms with E-state index in [1.54, 1.807) is 11.9 Å². The molecular weight excluding hydrogens is 194 g/mol. The molecule has 1 saturated carbocycles. The number of hydrogen-bond donors (Lipinski definition) is 2. The topological polar surface area (TPSA) is 61.4 Å². The van der Waals surface area contributed by atoms with Crippen LogP contribution in [0.5, 0.6) is 0 Å². The van der Waals surface area contributed by atoms with Crippen LogP contribution in [0.1, 0.15) is 19.3 Å². The number of hydrogen-bond acceptors (Lipinski definition) is 2. The summed E-state index contributed by atoms with van der Waals surface area (Å²) in [5.41, 5.74) is 0. The minimum atomic E-state index is -0.0572. The third kappa shape index (κ3) is 2.40. The van der Waals surface area contributed by atoms with Crippen LogP contribution in [-0.4, -0.2) is 43.0 Å². The molecule has 1 atom stereocenters. The predicted octanol–water partition coefficient (Wildman–Crippen LogP) is -0.0737. The Labute approximate surface area is 89.2 Å². The molecule has 0 aromatic rings. The van der Waals surface area contributed by atoms with Crippen molar-refractivity contribution in [2.75, 3.05) is 20.1 Å². The molecule has 2 rings (SSSR count). The van der Waals surface area contributed by atoms with Crippen LogP contribution >= 0.6 is 0 Å². The number of nitrogens with zero attached hydrogens (tertiary/aromatic N) is 1. The summed E-state index contributed by atoms with van der Waals surface area (Å²) in [6.07, 6.45) is 2.92. The molecular formula is C10H17N3O2. The number of nitrogens with one attached hydrogen (secondary N) is 2. The molecule has 1 heterocycles. The number of amides is 3. The van der Waals surface area contributed by atoms with Gasteiger partial charge in [-0.15, -0.1) is 0 Å². The fourth-order valence-corrected chi connectivity index (χ4v) is 1.89. The zero-order valence-electron chi connectivity index (χ0n) is 8.95. The molecule has 1 saturated heterocycles. The molecule has 84 valence electrons. The van der Waals surface area contributed by atoms with Crippen LogP contribution in [0.15, 0.2) is 0 Å². The number of urea groups is 1. The van der Waals surface area contributed by atoms with E-state index < -0.39 is 0 Å². The molecule has 3 amide bonds. The van der Waals surface area contributed by atoms with Crippen LogP contribution < -0.4 is 10.6 Å². The fraction of sp³-hybridized carbons (Fsp3) is 0.800. The van der Waals surface area contributed by atoms with Gasteiger partial charge in [0.05, 0.1) is 0 Å². The highest BCUT2D eigenvalue weighted by molar-refractivity contribution is 5.81. The summed E-state index contributed by atoms with van der Waals surface area (Å²) in [5, 5.41) is 5.58. The molecule has 0 aromatic carbocycles. The van der Waals surface area contributed by atoms with E-state index in [1.807, 2.05) is 0 Å². The zero-order chi connectivity index (χ0) is 10.8.